The Morgan fingerprint density at radius 2 is 1.82 bits per heavy atom. The van der Waals surface area contributed by atoms with Crippen LogP contribution in [0.5, 0.6) is 5.75 Å². The lowest BCUT2D eigenvalue weighted by Crippen LogP contribution is -2.49. The number of ether oxygens (including phenoxy) is 1. The van der Waals surface area contributed by atoms with Crippen molar-refractivity contribution >= 4 is 30.9 Å². The number of halogens is 1. The zero-order valence-electron chi connectivity index (χ0n) is 20.6. The third-order valence-electron chi connectivity index (χ3n) is 6.75. The molecule has 1 aliphatic carbocycles. The number of benzene rings is 2. The van der Waals surface area contributed by atoms with Crippen molar-refractivity contribution in [3.05, 3.63) is 94.8 Å². The van der Waals surface area contributed by atoms with Gasteiger partial charge in [-0.3, -0.25) is 0 Å². The Kier molecular flexibility index (Phi) is 6.24. The minimum Gasteiger partial charge on any atom is -0.489 e. The standard InChI is InChI=1S/C29H34ClNOSi/c1-8-16-32-27-24(29(3,4)5)18-21(30)19-26(27)33(6,7)28-20(2)17-25-23(28)14-15-31(25)22-12-10-9-11-13-22/h8-15,17-19,28H,1,16H2,2-7H3. The molecule has 1 unspecified atom stereocenters. The molecule has 3 aromatic rings. The van der Waals surface area contributed by atoms with Crippen molar-refractivity contribution < 1.29 is 4.74 Å². The molecule has 0 spiro atoms. The van der Waals surface area contributed by atoms with Gasteiger partial charge >= 0.3 is 0 Å². The van der Waals surface area contributed by atoms with Gasteiger partial charge in [-0.2, -0.15) is 0 Å². The van der Waals surface area contributed by atoms with Crippen molar-refractivity contribution in [2.24, 2.45) is 0 Å². The van der Waals surface area contributed by atoms with Crippen molar-refractivity contribution in [2.75, 3.05) is 6.61 Å². The van der Waals surface area contributed by atoms with Gasteiger partial charge in [0.2, 0.25) is 0 Å². The number of hydrogen-bond donors (Lipinski definition) is 0. The van der Waals surface area contributed by atoms with Crippen LogP contribution in [0.25, 0.3) is 11.8 Å². The molecule has 1 atom stereocenters. The molecule has 1 aromatic heterocycles. The minimum atomic E-state index is -2.11. The third kappa shape index (κ3) is 4.25. The lowest BCUT2D eigenvalue weighted by atomic mass is 9.86. The fraction of sp³-hybridized carbons (Fsp3) is 0.310. The van der Waals surface area contributed by atoms with Crippen LogP contribution in [0.2, 0.25) is 18.1 Å². The molecule has 1 heterocycles. The Bertz CT molecular complexity index is 1210. The van der Waals surface area contributed by atoms with Gasteiger partial charge in [-0.1, -0.05) is 81.9 Å². The molecule has 1 aliphatic rings. The van der Waals surface area contributed by atoms with E-state index in [9.17, 15) is 0 Å². The van der Waals surface area contributed by atoms with Gasteiger partial charge in [0.05, 0.1) is 8.07 Å². The normalized spacial score (nSPS) is 15.8. The van der Waals surface area contributed by atoms with Gasteiger partial charge < -0.3 is 9.30 Å². The summed E-state index contributed by atoms with van der Waals surface area (Å²) in [5.41, 5.74) is 6.73. The molecule has 0 amide bonds. The van der Waals surface area contributed by atoms with E-state index in [0.29, 0.717) is 12.1 Å². The molecule has 0 radical (unpaired) electrons. The zero-order valence-corrected chi connectivity index (χ0v) is 22.3. The van der Waals surface area contributed by atoms with E-state index >= 15 is 0 Å². The first-order chi connectivity index (χ1) is 15.6. The quantitative estimate of drug-likeness (QED) is 0.264. The lowest BCUT2D eigenvalue weighted by molar-refractivity contribution is 0.354. The Morgan fingerprint density at radius 1 is 1.12 bits per heavy atom. The van der Waals surface area contributed by atoms with Crippen molar-refractivity contribution in [3.63, 3.8) is 0 Å². The van der Waals surface area contributed by atoms with Gasteiger partial charge in [0, 0.05) is 33.7 Å². The highest BCUT2D eigenvalue weighted by Gasteiger charge is 2.43. The predicted octanol–water partition coefficient (Wildman–Crippen LogP) is 7.65. The van der Waals surface area contributed by atoms with Gasteiger partial charge in [0.15, 0.2) is 0 Å². The van der Waals surface area contributed by atoms with Crippen molar-refractivity contribution in [1.82, 2.24) is 4.57 Å². The van der Waals surface area contributed by atoms with E-state index in [0.717, 1.165) is 16.3 Å². The van der Waals surface area contributed by atoms with Crippen LogP contribution >= 0.6 is 11.6 Å². The summed E-state index contributed by atoms with van der Waals surface area (Å²) >= 11 is 6.72. The van der Waals surface area contributed by atoms with Crippen LogP contribution in [0, 0.1) is 0 Å². The molecule has 0 saturated carbocycles. The molecule has 4 rings (SSSR count). The van der Waals surface area contributed by atoms with E-state index in [4.69, 9.17) is 16.3 Å². The summed E-state index contributed by atoms with van der Waals surface area (Å²) in [6.45, 7) is 18.2. The molecular formula is C29H34ClNOSi. The van der Waals surface area contributed by atoms with E-state index in [1.165, 1.54) is 27.7 Å². The largest absolute Gasteiger partial charge is 0.489 e. The summed E-state index contributed by atoms with van der Waals surface area (Å²) in [4.78, 5) is 0. The van der Waals surface area contributed by atoms with Gasteiger partial charge in [-0.15, -0.1) is 0 Å². The van der Waals surface area contributed by atoms with Gasteiger partial charge in [-0.05, 0) is 59.5 Å². The van der Waals surface area contributed by atoms with E-state index in [1.54, 1.807) is 0 Å². The summed E-state index contributed by atoms with van der Waals surface area (Å²) in [6, 6.07) is 17.1. The Balaban J connectivity index is 1.87. The minimum absolute atomic E-state index is 0.0804. The molecule has 0 fully saturated rings. The van der Waals surface area contributed by atoms with Crippen LogP contribution in [-0.4, -0.2) is 19.2 Å². The van der Waals surface area contributed by atoms with Crippen LogP contribution in [0.4, 0.5) is 0 Å². The molecule has 0 N–H and O–H groups in total. The van der Waals surface area contributed by atoms with Crippen LogP contribution in [0.1, 0.15) is 50.1 Å². The monoisotopic (exact) mass is 475 g/mol. The number of rotatable bonds is 6. The summed E-state index contributed by atoms with van der Waals surface area (Å²) in [5, 5.41) is 2.06. The average molecular weight is 476 g/mol. The number of para-hydroxylation sites is 1. The second kappa shape index (κ2) is 8.70. The fourth-order valence-electron chi connectivity index (χ4n) is 5.26. The van der Waals surface area contributed by atoms with Crippen LogP contribution in [0.3, 0.4) is 0 Å². The average Bonchev–Trinajstić information content (AvgIpc) is 3.29. The smallest absolute Gasteiger partial charge is 0.122 e. The highest BCUT2D eigenvalue weighted by molar-refractivity contribution is 6.92. The summed E-state index contributed by atoms with van der Waals surface area (Å²) in [5.74, 6) is 0.993. The van der Waals surface area contributed by atoms with E-state index in [2.05, 4.69) is 113 Å². The second-order valence-corrected chi connectivity index (χ2v) is 15.6. The van der Waals surface area contributed by atoms with Crippen LogP contribution in [-0.2, 0) is 5.41 Å². The van der Waals surface area contributed by atoms with Gasteiger partial charge in [0.25, 0.3) is 0 Å². The molecular weight excluding hydrogens is 442 g/mol. The lowest BCUT2D eigenvalue weighted by Gasteiger charge is -2.35. The first-order valence-electron chi connectivity index (χ1n) is 11.6. The number of fused-ring (bicyclic) bond motifs is 1. The van der Waals surface area contributed by atoms with Crippen LogP contribution in [0.15, 0.2) is 73.0 Å². The van der Waals surface area contributed by atoms with Crippen molar-refractivity contribution in [2.45, 2.75) is 51.7 Å². The maximum Gasteiger partial charge on any atom is 0.122 e. The Labute approximate surface area is 204 Å². The summed E-state index contributed by atoms with van der Waals surface area (Å²) in [7, 11) is -2.11. The molecule has 2 aromatic carbocycles. The molecule has 0 bridgehead atoms. The molecule has 0 aliphatic heterocycles. The fourth-order valence-corrected chi connectivity index (χ4v) is 9.44. The number of allylic oxidation sites excluding steroid dienone is 1. The van der Waals surface area contributed by atoms with E-state index in [-0.39, 0.29) is 5.41 Å². The highest BCUT2D eigenvalue weighted by Crippen LogP contribution is 2.45. The predicted molar refractivity (Wildman–Crippen MR) is 145 cm³/mol. The molecule has 2 nitrogen and oxygen atoms in total. The maximum absolute atomic E-state index is 6.72. The number of hydrogen-bond acceptors (Lipinski definition) is 1. The molecule has 33 heavy (non-hydrogen) atoms. The van der Waals surface area contributed by atoms with Gasteiger partial charge in [0.1, 0.15) is 12.4 Å². The topological polar surface area (TPSA) is 14.2 Å². The van der Waals surface area contributed by atoms with Crippen molar-refractivity contribution in [3.8, 4) is 11.4 Å². The van der Waals surface area contributed by atoms with E-state index < -0.39 is 8.07 Å². The Hall–Kier alpha value is -2.49. The van der Waals surface area contributed by atoms with Gasteiger partial charge in [-0.25, -0.2) is 0 Å². The van der Waals surface area contributed by atoms with Crippen molar-refractivity contribution in [1.29, 1.82) is 0 Å². The molecule has 4 heteroatoms. The highest BCUT2D eigenvalue weighted by atomic mass is 35.5. The SMILES string of the molecule is C=CCOc1c(C(C)(C)C)cc(Cl)cc1[Si](C)(C)C1C(C)=Cc2c1ccn2-c1ccccc1. The molecule has 172 valence electrons. The first kappa shape index (κ1) is 23.7. The first-order valence-corrected chi connectivity index (χ1v) is 15.0. The summed E-state index contributed by atoms with van der Waals surface area (Å²) in [6.07, 6.45) is 6.38. The summed E-state index contributed by atoms with van der Waals surface area (Å²) < 4.78 is 8.68. The third-order valence-corrected chi connectivity index (χ3v) is 10.9. The van der Waals surface area contributed by atoms with Crippen LogP contribution < -0.4 is 9.92 Å². The maximum atomic E-state index is 6.72. The number of aromatic nitrogens is 1. The Morgan fingerprint density at radius 3 is 2.45 bits per heavy atom. The molecule has 0 saturated heterocycles. The van der Waals surface area contributed by atoms with E-state index in [1.807, 2.05) is 6.08 Å². The second-order valence-electron chi connectivity index (χ2n) is 10.6. The number of nitrogens with zero attached hydrogens (tertiary/aromatic N) is 1. The zero-order chi connectivity index (χ0) is 24.0.